The van der Waals surface area contributed by atoms with E-state index in [2.05, 4.69) is 24.5 Å². The molecule has 22 heavy (non-hydrogen) atoms. The highest BCUT2D eigenvalue weighted by atomic mass is 15.1. The summed E-state index contributed by atoms with van der Waals surface area (Å²) in [5, 5.41) is 27.3. The predicted molar refractivity (Wildman–Crippen MR) is 83.7 cm³/mol. The van der Waals surface area contributed by atoms with Crippen molar-refractivity contribution in [3.63, 3.8) is 0 Å². The van der Waals surface area contributed by atoms with Gasteiger partial charge in [-0.25, -0.2) is 0 Å². The fraction of sp³-hybridized carbons (Fsp3) is 0.353. The summed E-state index contributed by atoms with van der Waals surface area (Å²) in [4.78, 5) is 2.07. The van der Waals surface area contributed by atoms with Crippen LogP contribution in [0, 0.1) is 45.8 Å². The molecule has 1 aromatic rings. The lowest BCUT2D eigenvalue weighted by molar-refractivity contribution is 0.418. The zero-order chi connectivity index (χ0) is 16.3. The minimum Gasteiger partial charge on any atom is -0.374 e. The monoisotopic (exact) mass is 291 g/mol. The number of hydrogen-bond acceptors (Lipinski definition) is 4. The summed E-state index contributed by atoms with van der Waals surface area (Å²) in [6.07, 6.45) is 5.43. The molecule has 2 rings (SSSR count). The van der Waals surface area contributed by atoms with E-state index in [4.69, 9.17) is 10.5 Å². The molecule has 110 valence electrons. The van der Waals surface area contributed by atoms with Gasteiger partial charge in [0.15, 0.2) is 5.92 Å². The number of allylic oxidation sites excluding steroid dienone is 1. The standard InChI is InChI=1S/C17H17N5/c1-4-22-6-5-15-16(21(3)11-12(2)17(15)22)7-13(8-18)14(9-19)10-20/h4-7,12-14H,1,11H2,2-3H3. The van der Waals surface area contributed by atoms with Crippen LogP contribution in [0.2, 0.25) is 0 Å². The molecule has 5 nitrogen and oxygen atoms in total. The van der Waals surface area contributed by atoms with Gasteiger partial charge in [0.05, 0.1) is 24.1 Å². The Kier molecular flexibility index (Phi) is 4.35. The third-order valence-electron chi connectivity index (χ3n) is 3.98. The second-order valence-electron chi connectivity index (χ2n) is 5.43. The molecule has 0 radical (unpaired) electrons. The first kappa shape index (κ1) is 15.4. The molecule has 0 N–H and O–H groups in total. The molecule has 0 bridgehead atoms. The van der Waals surface area contributed by atoms with Gasteiger partial charge in [0.2, 0.25) is 0 Å². The largest absolute Gasteiger partial charge is 0.374 e. The van der Waals surface area contributed by atoms with Gasteiger partial charge in [-0.1, -0.05) is 13.5 Å². The summed E-state index contributed by atoms with van der Waals surface area (Å²) < 4.78 is 1.98. The van der Waals surface area contributed by atoms with E-state index in [-0.39, 0.29) is 0 Å². The van der Waals surface area contributed by atoms with Gasteiger partial charge in [-0.2, -0.15) is 15.8 Å². The molecule has 1 aliphatic rings. The van der Waals surface area contributed by atoms with E-state index < -0.39 is 11.8 Å². The number of nitrogens with zero attached hydrogens (tertiary/aromatic N) is 5. The van der Waals surface area contributed by atoms with Crippen LogP contribution in [0.5, 0.6) is 0 Å². The number of rotatable bonds is 3. The molecule has 2 atom stereocenters. The fourth-order valence-electron chi connectivity index (χ4n) is 2.94. The van der Waals surface area contributed by atoms with Crippen LogP contribution in [-0.2, 0) is 0 Å². The molecular formula is C17H17N5. The van der Waals surface area contributed by atoms with Crippen molar-refractivity contribution in [3.8, 4) is 18.2 Å². The molecule has 0 aromatic carbocycles. The molecular weight excluding hydrogens is 274 g/mol. The average molecular weight is 291 g/mol. The van der Waals surface area contributed by atoms with Gasteiger partial charge in [0.25, 0.3) is 0 Å². The Bertz CT molecular complexity index is 721. The summed E-state index contributed by atoms with van der Waals surface area (Å²) >= 11 is 0. The third-order valence-corrected chi connectivity index (χ3v) is 3.98. The molecule has 1 aliphatic heterocycles. The minimum atomic E-state index is -0.963. The van der Waals surface area contributed by atoms with E-state index in [0.717, 1.165) is 23.5 Å². The Morgan fingerprint density at radius 3 is 2.55 bits per heavy atom. The average Bonchev–Trinajstić information content (AvgIpc) is 2.94. The first-order chi connectivity index (χ1) is 10.6. The SMILES string of the molecule is C=Cn1ccc2c1C(C)CN(C)C2=CC(C#N)C(C#N)C#N. The molecule has 0 fully saturated rings. The van der Waals surface area contributed by atoms with Crippen molar-refractivity contribution in [3.05, 3.63) is 36.2 Å². The molecule has 2 heterocycles. The third kappa shape index (κ3) is 2.48. The van der Waals surface area contributed by atoms with E-state index in [1.807, 2.05) is 36.0 Å². The van der Waals surface area contributed by atoms with Gasteiger partial charge >= 0.3 is 0 Å². The van der Waals surface area contributed by atoms with E-state index in [1.54, 1.807) is 12.3 Å². The van der Waals surface area contributed by atoms with Crippen LogP contribution in [0.15, 0.2) is 24.9 Å². The van der Waals surface area contributed by atoms with Crippen LogP contribution >= 0.6 is 0 Å². The molecule has 0 spiro atoms. The van der Waals surface area contributed by atoms with E-state index in [1.165, 1.54) is 0 Å². The highest BCUT2D eigenvalue weighted by Gasteiger charge is 2.29. The Labute approximate surface area is 130 Å². The highest BCUT2D eigenvalue weighted by molar-refractivity contribution is 5.70. The summed E-state index contributed by atoms with van der Waals surface area (Å²) in [7, 11) is 1.96. The molecule has 0 saturated heterocycles. The predicted octanol–water partition coefficient (Wildman–Crippen LogP) is 2.78. The Hall–Kier alpha value is -2.97. The second kappa shape index (κ2) is 6.20. The van der Waals surface area contributed by atoms with Crippen LogP contribution in [0.3, 0.4) is 0 Å². The molecule has 0 saturated carbocycles. The Balaban J connectivity index is 2.54. The van der Waals surface area contributed by atoms with Gasteiger partial charge in [-0.3, -0.25) is 0 Å². The van der Waals surface area contributed by atoms with Crippen molar-refractivity contribution in [1.82, 2.24) is 9.47 Å². The van der Waals surface area contributed by atoms with Gasteiger partial charge < -0.3 is 9.47 Å². The highest BCUT2D eigenvalue weighted by Crippen LogP contribution is 2.36. The van der Waals surface area contributed by atoms with Gasteiger partial charge in [0.1, 0.15) is 0 Å². The van der Waals surface area contributed by atoms with Crippen LogP contribution in [0.1, 0.15) is 24.1 Å². The molecule has 0 amide bonds. The van der Waals surface area contributed by atoms with E-state index in [0.29, 0.717) is 5.92 Å². The van der Waals surface area contributed by atoms with E-state index >= 15 is 0 Å². The van der Waals surface area contributed by atoms with Gasteiger partial charge in [0, 0.05) is 48.9 Å². The second-order valence-corrected chi connectivity index (χ2v) is 5.43. The van der Waals surface area contributed by atoms with Crippen molar-refractivity contribution in [1.29, 1.82) is 15.8 Å². The normalized spacial score (nSPS) is 19.9. The quantitative estimate of drug-likeness (QED) is 0.857. The van der Waals surface area contributed by atoms with Crippen LogP contribution in [-0.4, -0.2) is 23.1 Å². The van der Waals surface area contributed by atoms with E-state index in [9.17, 15) is 5.26 Å². The van der Waals surface area contributed by atoms with Crippen molar-refractivity contribution >= 4 is 11.9 Å². The van der Waals surface area contributed by atoms with Crippen LogP contribution in [0.25, 0.3) is 11.9 Å². The smallest absolute Gasteiger partial charge is 0.152 e. The lowest BCUT2D eigenvalue weighted by atomic mass is 9.90. The minimum absolute atomic E-state index is 0.327. The van der Waals surface area contributed by atoms with Crippen molar-refractivity contribution in [2.24, 2.45) is 11.8 Å². The summed E-state index contributed by atoms with van der Waals surface area (Å²) in [5.74, 6) is -1.38. The number of fused-ring (bicyclic) bond motifs is 1. The first-order valence-corrected chi connectivity index (χ1v) is 7.02. The van der Waals surface area contributed by atoms with Gasteiger partial charge in [-0.05, 0) is 12.1 Å². The zero-order valence-corrected chi connectivity index (χ0v) is 12.7. The first-order valence-electron chi connectivity index (χ1n) is 7.02. The number of hydrogen-bond donors (Lipinski definition) is 0. The summed E-state index contributed by atoms with van der Waals surface area (Å²) in [6.45, 7) is 6.76. The number of likely N-dealkylation sites (N-methyl/N-ethyl adjacent to an activating group) is 1. The summed E-state index contributed by atoms with van der Waals surface area (Å²) in [5.41, 5.74) is 3.05. The maximum absolute atomic E-state index is 9.29. The number of aromatic nitrogens is 1. The van der Waals surface area contributed by atoms with Crippen molar-refractivity contribution in [2.45, 2.75) is 12.8 Å². The van der Waals surface area contributed by atoms with Gasteiger partial charge in [-0.15, -0.1) is 0 Å². The molecule has 1 aromatic heterocycles. The van der Waals surface area contributed by atoms with Crippen LogP contribution < -0.4 is 0 Å². The maximum atomic E-state index is 9.29. The maximum Gasteiger partial charge on any atom is 0.152 e. The molecule has 2 unspecified atom stereocenters. The van der Waals surface area contributed by atoms with Crippen molar-refractivity contribution in [2.75, 3.05) is 13.6 Å². The summed E-state index contributed by atoms with van der Waals surface area (Å²) in [6, 6.07) is 7.82. The fourth-order valence-corrected chi connectivity index (χ4v) is 2.94. The molecule has 0 aliphatic carbocycles. The Morgan fingerprint density at radius 2 is 2.00 bits per heavy atom. The zero-order valence-electron chi connectivity index (χ0n) is 12.7. The Morgan fingerprint density at radius 1 is 1.32 bits per heavy atom. The van der Waals surface area contributed by atoms with Crippen LogP contribution in [0.4, 0.5) is 0 Å². The lowest BCUT2D eigenvalue weighted by Gasteiger charge is -2.33. The topological polar surface area (TPSA) is 79.5 Å². The van der Waals surface area contributed by atoms with Crippen molar-refractivity contribution < 1.29 is 0 Å². The lowest BCUT2D eigenvalue weighted by Crippen LogP contribution is -2.29. The number of nitriles is 3. The molecule has 5 heteroatoms.